The highest BCUT2D eigenvalue weighted by atomic mass is 28.4. The van der Waals surface area contributed by atoms with Gasteiger partial charge in [-0.05, 0) is 27.7 Å². The van der Waals surface area contributed by atoms with Crippen LogP contribution in [0.5, 0.6) is 0 Å². The molecule has 4 nitrogen and oxygen atoms in total. The molecule has 14 heavy (non-hydrogen) atoms. The van der Waals surface area contributed by atoms with Crippen molar-refractivity contribution in [3.63, 3.8) is 0 Å². The van der Waals surface area contributed by atoms with Gasteiger partial charge >= 0.3 is 8.80 Å². The molecule has 2 N–H and O–H groups in total. The van der Waals surface area contributed by atoms with E-state index < -0.39 is 8.80 Å². The lowest BCUT2D eigenvalue weighted by atomic mass is 10.4. The van der Waals surface area contributed by atoms with E-state index in [0.29, 0.717) is 25.9 Å². The van der Waals surface area contributed by atoms with Gasteiger partial charge in [0.2, 0.25) is 0 Å². The fourth-order valence-corrected chi connectivity index (χ4v) is 4.07. The average molecular weight is 221 g/mol. The van der Waals surface area contributed by atoms with Crippen LogP contribution in [0.3, 0.4) is 0 Å². The Bertz CT molecular complexity index is 127. The Labute approximate surface area is 88.1 Å². The van der Waals surface area contributed by atoms with Gasteiger partial charge < -0.3 is 19.0 Å². The Morgan fingerprint density at radius 1 is 1.00 bits per heavy atom. The fraction of sp³-hybridized carbons (Fsp3) is 1.00. The van der Waals surface area contributed by atoms with Crippen LogP contribution in [0.1, 0.15) is 27.7 Å². The van der Waals surface area contributed by atoms with E-state index in [1.165, 1.54) is 0 Å². The summed E-state index contributed by atoms with van der Waals surface area (Å²) in [7, 11) is -2.48. The van der Waals surface area contributed by atoms with E-state index in [9.17, 15) is 0 Å². The second-order valence-electron chi connectivity index (χ2n) is 3.16. The predicted octanol–water partition coefficient (Wildman–Crippen LogP) is 1.38. The largest absolute Gasteiger partial charge is 0.502 e. The van der Waals surface area contributed by atoms with Gasteiger partial charge in [-0.3, -0.25) is 0 Å². The van der Waals surface area contributed by atoms with Crippen LogP contribution in [0.15, 0.2) is 0 Å². The molecule has 0 aromatic carbocycles. The first-order valence-electron chi connectivity index (χ1n) is 5.27. The summed E-state index contributed by atoms with van der Waals surface area (Å²) in [6.45, 7) is 9.61. The van der Waals surface area contributed by atoms with Crippen molar-refractivity contribution in [3.8, 4) is 0 Å². The van der Waals surface area contributed by atoms with Crippen molar-refractivity contribution in [2.75, 3.05) is 19.8 Å². The quantitative estimate of drug-likeness (QED) is 0.629. The Morgan fingerprint density at radius 3 is 1.57 bits per heavy atom. The summed E-state index contributed by atoms with van der Waals surface area (Å²) in [5.41, 5.74) is 5.76. The molecule has 0 heterocycles. The van der Waals surface area contributed by atoms with Crippen LogP contribution in [0.25, 0.3) is 0 Å². The van der Waals surface area contributed by atoms with Gasteiger partial charge in [0.25, 0.3) is 0 Å². The minimum Gasteiger partial charge on any atom is -0.374 e. The van der Waals surface area contributed by atoms with Gasteiger partial charge in [-0.15, -0.1) is 0 Å². The molecule has 86 valence electrons. The van der Waals surface area contributed by atoms with Crippen LogP contribution in [0, 0.1) is 0 Å². The van der Waals surface area contributed by atoms with Gasteiger partial charge in [-0.1, -0.05) is 0 Å². The van der Waals surface area contributed by atoms with Gasteiger partial charge in [-0.2, -0.15) is 0 Å². The standard InChI is InChI=1S/C9H23NO3Si/c1-5-11-14(12-6-2,13-7-3)8-9(4)10/h9H,5-8,10H2,1-4H3. The molecule has 0 spiro atoms. The van der Waals surface area contributed by atoms with Crippen LogP contribution in [-0.4, -0.2) is 34.7 Å². The SMILES string of the molecule is CCO[Si](CC(C)N)(OCC)OCC. The maximum absolute atomic E-state index is 5.76. The van der Waals surface area contributed by atoms with Crippen LogP contribution >= 0.6 is 0 Å². The van der Waals surface area contributed by atoms with Crippen molar-refractivity contribution in [2.45, 2.75) is 39.8 Å². The summed E-state index contributed by atoms with van der Waals surface area (Å²) >= 11 is 0. The maximum Gasteiger partial charge on any atom is 0.502 e. The lowest BCUT2D eigenvalue weighted by Gasteiger charge is -2.29. The molecule has 0 saturated heterocycles. The third-order valence-corrected chi connectivity index (χ3v) is 4.99. The highest BCUT2D eigenvalue weighted by molar-refractivity contribution is 6.60. The molecule has 0 aromatic heterocycles. The summed E-state index contributed by atoms with van der Waals surface area (Å²) in [6.07, 6.45) is 0. The first-order chi connectivity index (χ1) is 6.60. The molecule has 0 amide bonds. The van der Waals surface area contributed by atoms with Gasteiger partial charge in [0.15, 0.2) is 0 Å². The molecule has 0 fully saturated rings. The molecule has 0 radical (unpaired) electrons. The summed E-state index contributed by atoms with van der Waals surface area (Å²) in [4.78, 5) is 0. The van der Waals surface area contributed by atoms with Gasteiger partial charge in [0.1, 0.15) is 0 Å². The van der Waals surface area contributed by atoms with Crippen LogP contribution in [0.4, 0.5) is 0 Å². The molecular weight excluding hydrogens is 198 g/mol. The van der Waals surface area contributed by atoms with Crippen molar-refractivity contribution < 1.29 is 13.3 Å². The Kier molecular flexibility index (Phi) is 7.39. The first kappa shape index (κ1) is 14.1. The summed E-state index contributed by atoms with van der Waals surface area (Å²) in [5, 5.41) is 0. The van der Waals surface area contributed by atoms with Crippen LogP contribution in [-0.2, 0) is 13.3 Å². The minimum atomic E-state index is -2.48. The van der Waals surface area contributed by atoms with Gasteiger partial charge in [0.05, 0.1) is 0 Å². The van der Waals surface area contributed by atoms with Gasteiger partial charge in [-0.25, -0.2) is 0 Å². The van der Waals surface area contributed by atoms with Crippen molar-refractivity contribution in [3.05, 3.63) is 0 Å². The summed E-state index contributed by atoms with van der Waals surface area (Å²) < 4.78 is 16.9. The van der Waals surface area contributed by atoms with E-state index in [1.807, 2.05) is 27.7 Å². The number of hydrogen-bond acceptors (Lipinski definition) is 4. The topological polar surface area (TPSA) is 53.7 Å². The number of nitrogens with two attached hydrogens (primary N) is 1. The molecule has 0 bridgehead atoms. The highest BCUT2D eigenvalue weighted by Crippen LogP contribution is 2.17. The van der Waals surface area contributed by atoms with Crippen molar-refractivity contribution in [1.82, 2.24) is 0 Å². The molecular formula is C9H23NO3Si. The zero-order valence-corrected chi connectivity index (χ0v) is 10.7. The highest BCUT2D eigenvalue weighted by Gasteiger charge is 2.41. The molecule has 0 aliphatic heterocycles. The average Bonchev–Trinajstić information content (AvgIpc) is 2.03. The van der Waals surface area contributed by atoms with Crippen LogP contribution in [0.2, 0.25) is 6.04 Å². The first-order valence-corrected chi connectivity index (χ1v) is 7.20. The molecule has 0 saturated carbocycles. The molecule has 1 atom stereocenters. The zero-order chi connectivity index (χ0) is 11.0. The van der Waals surface area contributed by atoms with E-state index in [1.54, 1.807) is 0 Å². The maximum atomic E-state index is 5.76. The smallest absolute Gasteiger partial charge is 0.374 e. The molecule has 1 unspecified atom stereocenters. The molecule has 0 aliphatic rings. The molecule has 5 heteroatoms. The third kappa shape index (κ3) is 5.07. The van der Waals surface area contributed by atoms with Crippen LogP contribution < -0.4 is 5.73 Å². The lowest BCUT2D eigenvalue weighted by molar-refractivity contribution is 0.0701. The van der Waals surface area contributed by atoms with E-state index >= 15 is 0 Å². The minimum absolute atomic E-state index is 0.0475. The summed E-state index contributed by atoms with van der Waals surface area (Å²) in [6, 6.07) is 0.731. The van der Waals surface area contributed by atoms with Crippen molar-refractivity contribution in [1.29, 1.82) is 0 Å². The Morgan fingerprint density at radius 2 is 1.36 bits per heavy atom. The predicted molar refractivity (Wildman–Crippen MR) is 59.1 cm³/mol. The van der Waals surface area contributed by atoms with E-state index in [4.69, 9.17) is 19.0 Å². The van der Waals surface area contributed by atoms with Crippen molar-refractivity contribution >= 4 is 8.80 Å². The Balaban J connectivity index is 4.37. The second kappa shape index (κ2) is 7.36. The lowest BCUT2D eigenvalue weighted by Crippen LogP contribution is -2.49. The monoisotopic (exact) mass is 221 g/mol. The summed E-state index contributed by atoms with van der Waals surface area (Å²) in [5.74, 6) is 0. The molecule has 0 aromatic rings. The number of rotatable bonds is 8. The molecule has 0 rings (SSSR count). The van der Waals surface area contributed by atoms with Gasteiger partial charge in [0, 0.05) is 31.9 Å². The fourth-order valence-electron chi connectivity index (χ4n) is 1.36. The third-order valence-electron chi connectivity index (χ3n) is 1.66. The normalized spacial score (nSPS) is 14.4. The second-order valence-corrected chi connectivity index (χ2v) is 5.80. The van der Waals surface area contributed by atoms with E-state index in [-0.39, 0.29) is 6.04 Å². The van der Waals surface area contributed by atoms with Crippen molar-refractivity contribution in [2.24, 2.45) is 5.73 Å². The van der Waals surface area contributed by atoms with E-state index in [2.05, 4.69) is 0 Å². The number of hydrogen-bond donors (Lipinski definition) is 1. The Hall–Kier alpha value is 0.0569. The molecule has 0 aliphatic carbocycles. The zero-order valence-electron chi connectivity index (χ0n) is 9.71. The van der Waals surface area contributed by atoms with E-state index in [0.717, 1.165) is 0 Å².